The lowest BCUT2D eigenvalue weighted by molar-refractivity contribution is 0.0169. The number of aryl methyl sites for hydroxylation is 1. The average molecular weight is 228 g/mol. The van der Waals surface area contributed by atoms with Gasteiger partial charge in [0.1, 0.15) is 12.2 Å². The first kappa shape index (κ1) is 11.8. The van der Waals surface area contributed by atoms with Gasteiger partial charge in [0.25, 0.3) is 0 Å². The second-order valence-corrected chi connectivity index (χ2v) is 4.16. The van der Waals surface area contributed by atoms with E-state index in [1.165, 1.54) is 0 Å². The summed E-state index contributed by atoms with van der Waals surface area (Å²) in [6, 6.07) is 16.8. The van der Waals surface area contributed by atoms with Gasteiger partial charge in [-0.05, 0) is 23.6 Å². The maximum absolute atomic E-state index is 10.2. The quantitative estimate of drug-likeness (QED) is 0.848. The molecule has 2 rings (SSSR count). The molecule has 88 valence electrons. The van der Waals surface area contributed by atoms with Crippen molar-refractivity contribution < 1.29 is 10.2 Å². The highest BCUT2D eigenvalue weighted by Gasteiger charge is 2.20. The van der Waals surface area contributed by atoms with Gasteiger partial charge in [0, 0.05) is 0 Å². The molecule has 2 heteroatoms. The molecule has 2 aromatic carbocycles. The molecule has 2 unspecified atom stereocenters. The van der Waals surface area contributed by atoms with Crippen LogP contribution >= 0.6 is 0 Å². The first-order chi connectivity index (χ1) is 8.20. The summed E-state index contributed by atoms with van der Waals surface area (Å²) < 4.78 is 0. The topological polar surface area (TPSA) is 40.5 Å². The predicted molar refractivity (Wildman–Crippen MR) is 67.5 cm³/mol. The Kier molecular flexibility index (Phi) is 3.57. The fourth-order valence-corrected chi connectivity index (χ4v) is 1.92. The first-order valence-corrected chi connectivity index (χ1v) is 5.67. The van der Waals surface area contributed by atoms with E-state index in [0.29, 0.717) is 0 Å². The minimum Gasteiger partial charge on any atom is -0.385 e. The normalized spacial score (nSPS) is 14.3. The van der Waals surface area contributed by atoms with Crippen LogP contribution in [0.3, 0.4) is 0 Å². The van der Waals surface area contributed by atoms with Crippen molar-refractivity contribution >= 4 is 0 Å². The van der Waals surface area contributed by atoms with E-state index in [4.69, 9.17) is 0 Å². The van der Waals surface area contributed by atoms with Crippen molar-refractivity contribution in [2.45, 2.75) is 19.1 Å². The molecular weight excluding hydrogens is 212 g/mol. The Morgan fingerprint density at radius 1 is 0.765 bits per heavy atom. The third-order valence-electron chi connectivity index (χ3n) is 2.95. The second-order valence-electron chi connectivity index (χ2n) is 4.16. The van der Waals surface area contributed by atoms with Crippen molar-refractivity contribution in [1.82, 2.24) is 0 Å². The monoisotopic (exact) mass is 228 g/mol. The molecule has 0 saturated heterocycles. The summed E-state index contributed by atoms with van der Waals surface area (Å²) in [7, 11) is 0. The molecule has 0 aliphatic carbocycles. The van der Waals surface area contributed by atoms with E-state index in [-0.39, 0.29) is 0 Å². The molecule has 0 aliphatic heterocycles. The zero-order valence-corrected chi connectivity index (χ0v) is 9.75. The van der Waals surface area contributed by atoms with Gasteiger partial charge in [0.05, 0.1) is 0 Å². The Morgan fingerprint density at radius 2 is 1.35 bits per heavy atom. The smallest absolute Gasteiger partial charge is 0.109 e. The van der Waals surface area contributed by atoms with Crippen LogP contribution < -0.4 is 0 Å². The first-order valence-electron chi connectivity index (χ1n) is 5.67. The minimum absolute atomic E-state index is 0.725. The highest BCUT2D eigenvalue weighted by molar-refractivity contribution is 5.30. The van der Waals surface area contributed by atoms with Gasteiger partial charge in [0.2, 0.25) is 0 Å². The molecular formula is C15H16O2. The van der Waals surface area contributed by atoms with Gasteiger partial charge in [-0.25, -0.2) is 0 Å². The van der Waals surface area contributed by atoms with Crippen molar-refractivity contribution in [2.75, 3.05) is 0 Å². The van der Waals surface area contributed by atoms with Crippen molar-refractivity contribution in [3.05, 3.63) is 71.3 Å². The third kappa shape index (κ3) is 2.54. The summed E-state index contributed by atoms with van der Waals surface area (Å²) in [5.74, 6) is 0. The van der Waals surface area contributed by atoms with Gasteiger partial charge in [0.15, 0.2) is 0 Å². The zero-order chi connectivity index (χ0) is 12.3. The molecule has 2 N–H and O–H groups in total. The van der Waals surface area contributed by atoms with Crippen LogP contribution in [0.25, 0.3) is 0 Å². The predicted octanol–water partition coefficient (Wildman–Crippen LogP) is 2.76. The molecule has 0 aromatic heterocycles. The SMILES string of the molecule is Cc1ccccc1C(O)C(O)c1ccccc1. The Balaban J connectivity index is 2.27. The van der Waals surface area contributed by atoms with Gasteiger partial charge in [-0.15, -0.1) is 0 Å². The largest absolute Gasteiger partial charge is 0.385 e. The number of hydrogen-bond acceptors (Lipinski definition) is 2. The van der Waals surface area contributed by atoms with Crippen molar-refractivity contribution in [3.8, 4) is 0 Å². The van der Waals surface area contributed by atoms with E-state index >= 15 is 0 Å². The van der Waals surface area contributed by atoms with Crippen LogP contribution in [-0.4, -0.2) is 10.2 Å². The van der Waals surface area contributed by atoms with E-state index in [1.54, 1.807) is 0 Å². The van der Waals surface area contributed by atoms with Crippen LogP contribution in [0.4, 0.5) is 0 Å². The number of aliphatic hydroxyl groups is 2. The number of benzene rings is 2. The number of rotatable bonds is 3. The molecule has 0 fully saturated rings. The molecule has 0 radical (unpaired) electrons. The molecule has 17 heavy (non-hydrogen) atoms. The minimum atomic E-state index is -0.891. The number of hydrogen-bond donors (Lipinski definition) is 2. The Labute approximate surface area is 101 Å². The lowest BCUT2D eigenvalue weighted by Gasteiger charge is -2.20. The summed E-state index contributed by atoms with van der Waals surface area (Å²) in [4.78, 5) is 0. The van der Waals surface area contributed by atoms with Crippen molar-refractivity contribution in [3.63, 3.8) is 0 Å². The Morgan fingerprint density at radius 3 is 2.00 bits per heavy atom. The van der Waals surface area contributed by atoms with Gasteiger partial charge in [-0.3, -0.25) is 0 Å². The average Bonchev–Trinajstić information content (AvgIpc) is 2.39. The summed E-state index contributed by atoms with van der Waals surface area (Å²) >= 11 is 0. The van der Waals surface area contributed by atoms with Crippen molar-refractivity contribution in [1.29, 1.82) is 0 Å². The highest BCUT2D eigenvalue weighted by Crippen LogP contribution is 2.29. The molecule has 0 aliphatic rings. The summed E-state index contributed by atoms with van der Waals surface area (Å²) in [5, 5.41) is 20.3. The van der Waals surface area contributed by atoms with E-state index < -0.39 is 12.2 Å². The van der Waals surface area contributed by atoms with Gasteiger partial charge in [-0.1, -0.05) is 54.6 Å². The molecule has 2 aromatic rings. The lowest BCUT2D eigenvalue weighted by Crippen LogP contribution is -2.11. The Hall–Kier alpha value is -1.64. The standard InChI is InChI=1S/C15H16O2/c1-11-7-5-6-10-13(11)15(17)14(16)12-8-3-2-4-9-12/h2-10,14-17H,1H3. The van der Waals surface area contributed by atoms with Crippen LogP contribution in [-0.2, 0) is 0 Å². The maximum Gasteiger partial charge on any atom is 0.109 e. The van der Waals surface area contributed by atoms with E-state index in [0.717, 1.165) is 16.7 Å². The van der Waals surface area contributed by atoms with Crippen LogP contribution in [0.15, 0.2) is 54.6 Å². The van der Waals surface area contributed by atoms with E-state index in [9.17, 15) is 10.2 Å². The zero-order valence-electron chi connectivity index (χ0n) is 9.75. The summed E-state index contributed by atoms with van der Waals surface area (Å²) in [5.41, 5.74) is 2.47. The van der Waals surface area contributed by atoms with Crippen LogP contribution in [0.2, 0.25) is 0 Å². The van der Waals surface area contributed by atoms with Crippen LogP contribution in [0.5, 0.6) is 0 Å². The Bertz CT molecular complexity index is 479. The highest BCUT2D eigenvalue weighted by atomic mass is 16.3. The summed E-state index contributed by atoms with van der Waals surface area (Å²) in [6.07, 6.45) is -1.78. The van der Waals surface area contributed by atoms with Crippen molar-refractivity contribution in [2.24, 2.45) is 0 Å². The maximum atomic E-state index is 10.2. The van der Waals surface area contributed by atoms with Gasteiger partial charge < -0.3 is 10.2 Å². The molecule has 0 amide bonds. The lowest BCUT2D eigenvalue weighted by atomic mass is 9.95. The number of aliphatic hydroxyl groups excluding tert-OH is 2. The van der Waals surface area contributed by atoms with Crippen LogP contribution in [0, 0.1) is 6.92 Å². The van der Waals surface area contributed by atoms with Gasteiger partial charge in [-0.2, -0.15) is 0 Å². The fraction of sp³-hybridized carbons (Fsp3) is 0.200. The van der Waals surface area contributed by atoms with Crippen LogP contribution in [0.1, 0.15) is 28.9 Å². The molecule has 0 bridgehead atoms. The van der Waals surface area contributed by atoms with E-state index in [1.807, 2.05) is 61.5 Å². The molecule has 0 heterocycles. The molecule has 0 spiro atoms. The molecule has 2 atom stereocenters. The fourth-order valence-electron chi connectivity index (χ4n) is 1.92. The molecule has 0 saturated carbocycles. The van der Waals surface area contributed by atoms with E-state index in [2.05, 4.69) is 0 Å². The third-order valence-corrected chi connectivity index (χ3v) is 2.95. The summed E-state index contributed by atoms with van der Waals surface area (Å²) in [6.45, 7) is 1.93. The van der Waals surface area contributed by atoms with Gasteiger partial charge >= 0.3 is 0 Å². The molecule has 2 nitrogen and oxygen atoms in total. The second kappa shape index (κ2) is 5.13.